The average molecular weight is 274 g/mol. The summed E-state index contributed by atoms with van der Waals surface area (Å²) < 4.78 is 24.2. The molecule has 3 N–H and O–H groups in total. The number of benzene rings is 2. The van der Waals surface area contributed by atoms with Crippen LogP contribution in [0.2, 0.25) is 0 Å². The van der Waals surface area contributed by atoms with E-state index in [0.717, 1.165) is 0 Å². The fourth-order valence-electron chi connectivity index (χ4n) is 1.90. The molecule has 0 atom stereocenters. The number of oxazole rings is 1. The summed E-state index contributed by atoms with van der Waals surface area (Å²) >= 11 is 0. The molecule has 3 rings (SSSR count). The predicted molar refractivity (Wildman–Crippen MR) is 72.5 cm³/mol. The minimum atomic E-state index is -0.585. The van der Waals surface area contributed by atoms with Crippen LogP contribution in [0.5, 0.6) is 11.5 Å². The van der Waals surface area contributed by atoms with Gasteiger partial charge in [-0.15, -0.1) is 0 Å². The number of halogens is 1. The zero-order chi connectivity index (χ0) is 14.3. The van der Waals surface area contributed by atoms with Crippen molar-refractivity contribution in [1.29, 1.82) is 0 Å². The topological polar surface area (TPSA) is 81.2 Å². The van der Waals surface area contributed by atoms with Crippen LogP contribution in [0.1, 0.15) is 5.56 Å². The molecule has 20 heavy (non-hydrogen) atoms. The molecule has 0 fully saturated rings. The van der Waals surface area contributed by atoms with Gasteiger partial charge in [0.1, 0.15) is 0 Å². The van der Waals surface area contributed by atoms with Crippen molar-refractivity contribution < 1.29 is 13.5 Å². The highest BCUT2D eigenvalue weighted by molar-refractivity contribution is 5.80. The van der Waals surface area contributed by atoms with Gasteiger partial charge in [-0.25, -0.2) is 9.18 Å². The zero-order valence-electron chi connectivity index (χ0n) is 10.6. The van der Waals surface area contributed by atoms with Crippen molar-refractivity contribution in [3.63, 3.8) is 0 Å². The zero-order valence-corrected chi connectivity index (χ0v) is 10.6. The van der Waals surface area contributed by atoms with E-state index < -0.39 is 11.6 Å². The third kappa shape index (κ3) is 2.01. The summed E-state index contributed by atoms with van der Waals surface area (Å²) in [6.07, 6.45) is 0. The molecule has 6 heteroatoms. The molecule has 5 nitrogen and oxygen atoms in total. The van der Waals surface area contributed by atoms with Crippen LogP contribution in [0.4, 0.5) is 10.1 Å². The van der Waals surface area contributed by atoms with Gasteiger partial charge < -0.3 is 14.9 Å². The van der Waals surface area contributed by atoms with Crippen LogP contribution >= 0.6 is 0 Å². The summed E-state index contributed by atoms with van der Waals surface area (Å²) in [7, 11) is 0. The summed E-state index contributed by atoms with van der Waals surface area (Å²) in [6, 6.07) is 7.78. The number of hydrogen-bond acceptors (Lipinski definition) is 4. The maximum Gasteiger partial charge on any atom is 0.417 e. The minimum absolute atomic E-state index is 0.0712. The second-order valence-corrected chi connectivity index (χ2v) is 4.39. The first-order chi connectivity index (χ1) is 9.54. The first kappa shape index (κ1) is 12.3. The molecule has 0 aliphatic carbocycles. The van der Waals surface area contributed by atoms with Crippen molar-refractivity contribution in [2.45, 2.75) is 6.92 Å². The van der Waals surface area contributed by atoms with Gasteiger partial charge in [0.25, 0.3) is 0 Å². The van der Waals surface area contributed by atoms with Gasteiger partial charge in [0.15, 0.2) is 22.9 Å². The SMILES string of the molecule is Cc1cccc(Oc2cc3[nH]c(=O)oc3cc2N)c1F. The molecule has 0 saturated carbocycles. The normalized spacial score (nSPS) is 10.9. The lowest BCUT2D eigenvalue weighted by Gasteiger charge is -2.10. The molecule has 0 spiro atoms. The van der Waals surface area contributed by atoms with Crippen LogP contribution in [0.3, 0.4) is 0 Å². The summed E-state index contributed by atoms with van der Waals surface area (Å²) in [5.41, 5.74) is 7.29. The third-order valence-corrected chi connectivity index (χ3v) is 2.93. The first-order valence-corrected chi connectivity index (χ1v) is 5.90. The first-order valence-electron chi connectivity index (χ1n) is 5.90. The predicted octanol–water partition coefficient (Wildman–Crippen LogP) is 2.94. The highest BCUT2D eigenvalue weighted by Gasteiger charge is 2.12. The summed E-state index contributed by atoms with van der Waals surface area (Å²) in [5.74, 6) is -0.716. The Kier molecular flexibility index (Phi) is 2.71. The van der Waals surface area contributed by atoms with Gasteiger partial charge in [-0.2, -0.15) is 0 Å². The Balaban J connectivity index is 2.08. The molecule has 0 saturated heterocycles. The molecule has 0 aliphatic heterocycles. The Bertz CT molecular complexity index is 851. The van der Waals surface area contributed by atoms with E-state index in [-0.39, 0.29) is 17.2 Å². The molecule has 1 aromatic heterocycles. The van der Waals surface area contributed by atoms with Gasteiger partial charge in [0.2, 0.25) is 0 Å². The number of aryl methyl sites for hydroxylation is 1. The van der Waals surface area contributed by atoms with E-state index in [9.17, 15) is 9.18 Å². The highest BCUT2D eigenvalue weighted by atomic mass is 19.1. The third-order valence-electron chi connectivity index (χ3n) is 2.93. The van der Waals surface area contributed by atoms with E-state index in [0.29, 0.717) is 16.7 Å². The van der Waals surface area contributed by atoms with E-state index in [2.05, 4.69) is 4.98 Å². The van der Waals surface area contributed by atoms with Crippen LogP contribution < -0.4 is 16.2 Å². The number of rotatable bonds is 2. The Morgan fingerprint density at radius 3 is 2.90 bits per heavy atom. The van der Waals surface area contributed by atoms with Crippen LogP contribution in [0.25, 0.3) is 11.1 Å². The lowest BCUT2D eigenvalue weighted by molar-refractivity contribution is 0.442. The Morgan fingerprint density at radius 1 is 1.30 bits per heavy atom. The fraction of sp³-hybridized carbons (Fsp3) is 0.0714. The number of fused-ring (bicyclic) bond motifs is 1. The number of ether oxygens (including phenoxy) is 1. The standard InChI is InChI=1S/C14H11FN2O3/c1-7-3-2-4-10(13(7)15)19-11-6-9-12(5-8(11)16)20-14(18)17-9/h2-6H,16H2,1H3,(H,17,18). The Labute approximate surface area is 112 Å². The second kappa shape index (κ2) is 4.41. The molecule has 3 aromatic rings. The van der Waals surface area contributed by atoms with E-state index in [1.807, 2.05) is 0 Å². The van der Waals surface area contributed by atoms with Crippen LogP contribution in [0.15, 0.2) is 39.5 Å². The van der Waals surface area contributed by atoms with Crippen molar-refractivity contribution in [3.05, 3.63) is 52.3 Å². The van der Waals surface area contributed by atoms with Gasteiger partial charge in [-0.1, -0.05) is 12.1 Å². The molecular formula is C14H11FN2O3. The van der Waals surface area contributed by atoms with E-state index in [4.69, 9.17) is 14.9 Å². The molecule has 0 amide bonds. The molecule has 0 unspecified atom stereocenters. The Hall–Kier alpha value is -2.76. The molecule has 1 heterocycles. The number of nitrogens with one attached hydrogen (secondary N) is 1. The smallest absolute Gasteiger partial charge is 0.417 e. The van der Waals surface area contributed by atoms with Crippen LogP contribution in [0, 0.1) is 12.7 Å². The van der Waals surface area contributed by atoms with Gasteiger partial charge in [-0.3, -0.25) is 4.98 Å². The van der Waals surface area contributed by atoms with Crippen molar-refractivity contribution in [3.8, 4) is 11.5 Å². The van der Waals surface area contributed by atoms with Crippen LogP contribution in [-0.2, 0) is 0 Å². The van der Waals surface area contributed by atoms with Crippen LogP contribution in [-0.4, -0.2) is 4.98 Å². The molecule has 0 aliphatic rings. The largest absolute Gasteiger partial charge is 0.452 e. The number of anilines is 1. The monoisotopic (exact) mass is 274 g/mol. The summed E-state index contributed by atoms with van der Waals surface area (Å²) in [6.45, 7) is 1.64. The summed E-state index contributed by atoms with van der Waals surface area (Å²) in [4.78, 5) is 13.6. The summed E-state index contributed by atoms with van der Waals surface area (Å²) in [5, 5.41) is 0. The highest BCUT2D eigenvalue weighted by Crippen LogP contribution is 2.32. The van der Waals surface area contributed by atoms with Crippen molar-refractivity contribution in [2.24, 2.45) is 0 Å². The lowest BCUT2D eigenvalue weighted by Crippen LogP contribution is -1.95. The fourth-order valence-corrected chi connectivity index (χ4v) is 1.90. The van der Waals surface area contributed by atoms with E-state index in [1.165, 1.54) is 18.2 Å². The van der Waals surface area contributed by atoms with Gasteiger partial charge in [0, 0.05) is 12.1 Å². The van der Waals surface area contributed by atoms with E-state index in [1.54, 1.807) is 19.1 Å². The van der Waals surface area contributed by atoms with Crippen molar-refractivity contribution in [1.82, 2.24) is 4.98 Å². The molecule has 0 radical (unpaired) electrons. The van der Waals surface area contributed by atoms with Crippen molar-refractivity contribution in [2.75, 3.05) is 5.73 Å². The number of aromatic nitrogens is 1. The van der Waals surface area contributed by atoms with Gasteiger partial charge in [0.05, 0.1) is 11.2 Å². The number of nitrogen functional groups attached to an aromatic ring is 1. The maximum atomic E-state index is 13.9. The van der Waals surface area contributed by atoms with E-state index >= 15 is 0 Å². The molecule has 102 valence electrons. The van der Waals surface area contributed by atoms with Gasteiger partial charge >= 0.3 is 5.76 Å². The average Bonchev–Trinajstić information content (AvgIpc) is 2.74. The number of aromatic amines is 1. The van der Waals surface area contributed by atoms with Gasteiger partial charge in [-0.05, 0) is 18.6 Å². The minimum Gasteiger partial charge on any atom is -0.452 e. The quantitative estimate of drug-likeness (QED) is 0.704. The molecule has 0 bridgehead atoms. The molecular weight excluding hydrogens is 263 g/mol. The lowest BCUT2D eigenvalue weighted by atomic mass is 10.2. The Morgan fingerprint density at radius 2 is 2.10 bits per heavy atom. The number of H-pyrrole nitrogens is 1. The number of hydrogen-bond donors (Lipinski definition) is 2. The maximum absolute atomic E-state index is 13.9. The molecule has 2 aromatic carbocycles. The number of nitrogens with two attached hydrogens (primary N) is 1. The van der Waals surface area contributed by atoms with Crippen molar-refractivity contribution >= 4 is 16.8 Å². The second-order valence-electron chi connectivity index (χ2n) is 4.39.